The molecule has 1 aromatic heterocycles. The zero-order chi connectivity index (χ0) is 13.7. The van der Waals surface area contributed by atoms with E-state index in [0.29, 0.717) is 18.5 Å². The smallest absolute Gasteiger partial charge is 0.383 e. The average molecular weight is 272 g/mol. The molecule has 0 saturated carbocycles. The Morgan fingerprint density at radius 1 is 1.21 bits per heavy atom. The molecule has 6 heteroatoms. The summed E-state index contributed by atoms with van der Waals surface area (Å²) in [4.78, 5) is 3.84. The second kappa shape index (κ2) is 4.18. The van der Waals surface area contributed by atoms with Crippen molar-refractivity contribution in [1.29, 1.82) is 0 Å². The van der Waals surface area contributed by atoms with Crippen molar-refractivity contribution in [2.75, 3.05) is 0 Å². The molecular weight excluding hydrogens is 257 g/mol. The minimum atomic E-state index is -4.39. The van der Waals surface area contributed by atoms with Crippen LogP contribution in [0, 0.1) is 0 Å². The van der Waals surface area contributed by atoms with Crippen LogP contribution in [0.15, 0.2) is 18.3 Å². The van der Waals surface area contributed by atoms with E-state index in [2.05, 4.69) is 10.3 Å². The van der Waals surface area contributed by atoms with E-state index in [9.17, 15) is 18.3 Å². The highest BCUT2D eigenvalue weighted by Gasteiger charge is 2.44. The maximum Gasteiger partial charge on any atom is 0.417 e. The summed E-state index contributed by atoms with van der Waals surface area (Å²) in [7, 11) is 0. The fourth-order valence-corrected chi connectivity index (χ4v) is 3.17. The molecule has 2 aliphatic rings. The summed E-state index contributed by atoms with van der Waals surface area (Å²) in [5.41, 5.74) is -1.53. The van der Waals surface area contributed by atoms with Crippen molar-refractivity contribution < 1.29 is 18.3 Å². The van der Waals surface area contributed by atoms with Gasteiger partial charge in [-0.25, -0.2) is 0 Å². The van der Waals surface area contributed by atoms with Crippen molar-refractivity contribution in [3.8, 4) is 0 Å². The number of hydrogen-bond acceptors (Lipinski definition) is 3. The summed E-state index contributed by atoms with van der Waals surface area (Å²) in [6, 6.07) is 2.78. The molecule has 104 valence electrons. The number of hydrogen-bond donors (Lipinski definition) is 2. The highest BCUT2D eigenvalue weighted by Crippen LogP contribution is 2.40. The number of nitrogens with zero attached hydrogens (tertiary/aromatic N) is 1. The Hall–Kier alpha value is -1.14. The molecule has 2 fully saturated rings. The van der Waals surface area contributed by atoms with Gasteiger partial charge in [0.15, 0.2) is 0 Å². The molecule has 0 aromatic carbocycles. The van der Waals surface area contributed by atoms with Crippen LogP contribution in [0.2, 0.25) is 0 Å². The molecule has 2 saturated heterocycles. The number of piperidine rings is 1. The Kier molecular flexibility index (Phi) is 2.83. The lowest BCUT2D eigenvalue weighted by Crippen LogP contribution is -2.47. The highest BCUT2D eigenvalue weighted by molar-refractivity contribution is 5.22. The van der Waals surface area contributed by atoms with Crippen molar-refractivity contribution in [2.45, 2.75) is 49.5 Å². The number of rotatable bonds is 1. The monoisotopic (exact) mass is 272 g/mol. The lowest BCUT2D eigenvalue weighted by Gasteiger charge is -2.36. The number of aliphatic hydroxyl groups is 1. The number of alkyl halides is 3. The van der Waals surface area contributed by atoms with Gasteiger partial charge in [-0.05, 0) is 37.8 Å². The number of halogens is 3. The zero-order valence-electron chi connectivity index (χ0n) is 10.2. The lowest BCUT2D eigenvalue weighted by molar-refractivity contribution is -0.138. The van der Waals surface area contributed by atoms with Gasteiger partial charge in [0, 0.05) is 18.3 Å². The average Bonchev–Trinajstić information content (AvgIpc) is 2.68. The molecule has 0 aliphatic carbocycles. The van der Waals surface area contributed by atoms with Gasteiger partial charge in [0.05, 0.1) is 11.3 Å². The number of aromatic nitrogens is 1. The normalized spacial score (nSPS) is 34.5. The molecule has 3 nitrogen and oxygen atoms in total. The van der Waals surface area contributed by atoms with E-state index in [1.54, 1.807) is 0 Å². The maximum atomic E-state index is 12.5. The summed E-state index contributed by atoms with van der Waals surface area (Å²) in [5, 5.41) is 14.0. The van der Waals surface area contributed by atoms with Gasteiger partial charge in [-0.2, -0.15) is 13.2 Å². The quantitative estimate of drug-likeness (QED) is 0.824. The first-order valence-corrected chi connectivity index (χ1v) is 6.39. The Labute approximate surface area is 108 Å². The largest absolute Gasteiger partial charge is 0.417 e. The van der Waals surface area contributed by atoms with Gasteiger partial charge < -0.3 is 10.4 Å². The third-order valence-corrected chi connectivity index (χ3v) is 4.07. The van der Waals surface area contributed by atoms with Gasteiger partial charge in [-0.1, -0.05) is 0 Å². The van der Waals surface area contributed by atoms with Crippen LogP contribution < -0.4 is 5.32 Å². The van der Waals surface area contributed by atoms with Crippen LogP contribution in [-0.4, -0.2) is 22.2 Å². The number of nitrogens with one attached hydrogen (secondary N) is 1. The molecule has 3 heterocycles. The maximum absolute atomic E-state index is 12.5. The third-order valence-electron chi connectivity index (χ3n) is 4.07. The van der Waals surface area contributed by atoms with Crippen molar-refractivity contribution in [2.24, 2.45) is 0 Å². The van der Waals surface area contributed by atoms with Crippen LogP contribution in [0.3, 0.4) is 0 Å². The summed E-state index contributed by atoms with van der Waals surface area (Å²) in [6.07, 6.45) is -0.538. The SMILES string of the molecule is OC1(c2ccc(C(F)(F)F)cn2)CC2CCC(C1)N2. The summed E-state index contributed by atoms with van der Waals surface area (Å²) >= 11 is 0. The van der Waals surface area contributed by atoms with E-state index >= 15 is 0 Å². The van der Waals surface area contributed by atoms with E-state index in [1.807, 2.05) is 0 Å². The van der Waals surface area contributed by atoms with Gasteiger partial charge in [0.2, 0.25) is 0 Å². The molecular formula is C13H15F3N2O. The molecule has 0 spiro atoms. The molecule has 2 bridgehead atoms. The fourth-order valence-electron chi connectivity index (χ4n) is 3.17. The predicted octanol–water partition coefficient (Wildman–Crippen LogP) is 2.20. The Bertz CT molecular complexity index is 460. The van der Waals surface area contributed by atoms with Crippen LogP contribution >= 0.6 is 0 Å². The fraction of sp³-hybridized carbons (Fsp3) is 0.615. The minimum Gasteiger partial charge on any atom is -0.383 e. The van der Waals surface area contributed by atoms with E-state index in [4.69, 9.17) is 0 Å². The van der Waals surface area contributed by atoms with E-state index < -0.39 is 17.3 Å². The predicted molar refractivity (Wildman–Crippen MR) is 62.3 cm³/mol. The zero-order valence-corrected chi connectivity index (χ0v) is 10.2. The van der Waals surface area contributed by atoms with E-state index in [0.717, 1.165) is 25.1 Å². The second-order valence-electron chi connectivity index (χ2n) is 5.51. The Morgan fingerprint density at radius 2 is 1.84 bits per heavy atom. The molecule has 2 aliphatic heterocycles. The van der Waals surface area contributed by atoms with E-state index in [-0.39, 0.29) is 12.1 Å². The van der Waals surface area contributed by atoms with Crippen LogP contribution in [0.4, 0.5) is 13.2 Å². The van der Waals surface area contributed by atoms with Crippen LogP contribution in [-0.2, 0) is 11.8 Å². The van der Waals surface area contributed by atoms with Gasteiger partial charge in [0.1, 0.15) is 5.60 Å². The minimum absolute atomic E-state index is 0.243. The summed E-state index contributed by atoms with van der Waals surface area (Å²) < 4.78 is 37.4. The van der Waals surface area contributed by atoms with Gasteiger partial charge in [0.25, 0.3) is 0 Å². The summed E-state index contributed by atoms with van der Waals surface area (Å²) in [5.74, 6) is 0. The molecule has 2 N–H and O–H groups in total. The second-order valence-corrected chi connectivity index (χ2v) is 5.51. The highest BCUT2D eigenvalue weighted by atomic mass is 19.4. The van der Waals surface area contributed by atoms with Gasteiger partial charge in [-0.3, -0.25) is 4.98 Å². The van der Waals surface area contributed by atoms with Crippen molar-refractivity contribution in [3.63, 3.8) is 0 Å². The van der Waals surface area contributed by atoms with Crippen molar-refractivity contribution >= 4 is 0 Å². The van der Waals surface area contributed by atoms with Gasteiger partial charge in [-0.15, -0.1) is 0 Å². The Morgan fingerprint density at radius 3 is 2.32 bits per heavy atom. The molecule has 19 heavy (non-hydrogen) atoms. The van der Waals surface area contributed by atoms with Gasteiger partial charge >= 0.3 is 6.18 Å². The molecule has 2 atom stereocenters. The first-order valence-electron chi connectivity index (χ1n) is 6.39. The number of fused-ring (bicyclic) bond motifs is 2. The first-order chi connectivity index (χ1) is 8.87. The van der Waals surface area contributed by atoms with Crippen molar-refractivity contribution in [1.82, 2.24) is 10.3 Å². The molecule has 0 amide bonds. The van der Waals surface area contributed by atoms with Crippen molar-refractivity contribution in [3.05, 3.63) is 29.6 Å². The standard InChI is InChI=1S/C13H15F3N2O/c14-13(15,16)8-1-4-11(17-7-8)12(19)5-9-2-3-10(6-12)18-9/h1,4,7,9-10,18-19H,2-3,5-6H2. The first kappa shape index (κ1) is 12.9. The third kappa shape index (κ3) is 2.34. The number of pyridine rings is 1. The topological polar surface area (TPSA) is 45.2 Å². The molecule has 1 aromatic rings. The molecule has 2 unspecified atom stereocenters. The van der Waals surface area contributed by atoms with Crippen LogP contribution in [0.1, 0.15) is 36.9 Å². The lowest BCUT2D eigenvalue weighted by atomic mass is 9.84. The molecule has 3 rings (SSSR count). The Balaban J connectivity index is 1.86. The molecule has 0 radical (unpaired) electrons. The van der Waals surface area contributed by atoms with E-state index in [1.165, 1.54) is 6.07 Å². The summed E-state index contributed by atoms with van der Waals surface area (Å²) in [6.45, 7) is 0. The van der Waals surface area contributed by atoms with Crippen LogP contribution in [0.5, 0.6) is 0 Å². The van der Waals surface area contributed by atoms with Crippen LogP contribution in [0.25, 0.3) is 0 Å².